The Bertz CT molecular complexity index is 871. The molecule has 29 heavy (non-hydrogen) atoms. The van der Waals surface area contributed by atoms with Crippen LogP contribution in [-0.2, 0) is 9.59 Å². The summed E-state index contributed by atoms with van der Waals surface area (Å²) in [6.07, 6.45) is 6.52. The minimum atomic E-state index is -0.368. The second-order valence-corrected chi connectivity index (χ2v) is 8.59. The lowest BCUT2D eigenvalue weighted by Crippen LogP contribution is -2.37. The summed E-state index contributed by atoms with van der Waals surface area (Å²) < 4.78 is 6.10. The zero-order chi connectivity index (χ0) is 20.5. The van der Waals surface area contributed by atoms with Crippen molar-refractivity contribution in [2.75, 3.05) is 13.7 Å². The molecule has 0 radical (unpaired) electrons. The van der Waals surface area contributed by atoms with Crippen LogP contribution in [0.15, 0.2) is 40.7 Å². The number of Topliss-reactive ketones (excluding diaryl/α,β-unsaturated/α-hetero) is 2. The van der Waals surface area contributed by atoms with Gasteiger partial charge in [0.1, 0.15) is 5.75 Å². The van der Waals surface area contributed by atoms with Gasteiger partial charge >= 0.3 is 0 Å². The fraction of sp³-hybridized carbons (Fsp3) is 0.500. The number of hydrogen-bond acceptors (Lipinski definition) is 4. The predicted molar refractivity (Wildman–Crippen MR) is 114 cm³/mol. The number of hydrogen-bond donors (Lipinski definition) is 0. The van der Waals surface area contributed by atoms with Crippen LogP contribution in [0.4, 0.5) is 0 Å². The van der Waals surface area contributed by atoms with Gasteiger partial charge in [0.25, 0.3) is 0 Å². The maximum absolute atomic E-state index is 13.1. The zero-order valence-corrected chi connectivity index (χ0v) is 18.0. The number of nitrogens with zero attached hydrogens (tertiary/aromatic N) is 1. The molecule has 4 nitrogen and oxygen atoms in total. The van der Waals surface area contributed by atoms with E-state index in [1.165, 1.54) is 0 Å². The van der Waals surface area contributed by atoms with Crippen molar-refractivity contribution in [3.63, 3.8) is 0 Å². The highest BCUT2D eigenvalue weighted by atomic mass is 35.5. The largest absolute Gasteiger partial charge is 0.493 e. The molecule has 0 unspecified atom stereocenters. The molecule has 154 valence electrons. The molecule has 0 fully saturated rings. The summed E-state index contributed by atoms with van der Waals surface area (Å²) in [6, 6.07) is 5.59. The average molecular weight is 414 g/mol. The van der Waals surface area contributed by atoms with Crippen LogP contribution in [0.1, 0.15) is 69.8 Å². The van der Waals surface area contributed by atoms with Crippen LogP contribution in [0, 0.1) is 0 Å². The molecule has 0 amide bonds. The van der Waals surface area contributed by atoms with Crippen LogP contribution in [0.5, 0.6) is 5.75 Å². The van der Waals surface area contributed by atoms with Crippen LogP contribution >= 0.6 is 11.6 Å². The number of benzene rings is 1. The molecule has 0 N–H and O–H groups in total. The second kappa shape index (κ2) is 8.35. The fourth-order valence-electron chi connectivity index (χ4n) is 4.87. The van der Waals surface area contributed by atoms with Gasteiger partial charge in [-0.05, 0) is 50.3 Å². The first-order valence-electron chi connectivity index (χ1n) is 10.7. The number of allylic oxidation sites excluding steroid dienone is 4. The van der Waals surface area contributed by atoms with Gasteiger partial charge in [-0.1, -0.05) is 24.9 Å². The topological polar surface area (TPSA) is 46.6 Å². The highest BCUT2D eigenvalue weighted by Gasteiger charge is 2.43. The van der Waals surface area contributed by atoms with E-state index in [4.69, 9.17) is 16.3 Å². The lowest BCUT2D eigenvalue weighted by atomic mass is 9.71. The third kappa shape index (κ3) is 3.63. The maximum atomic E-state index is 13.1. The quantitative estimate of drug-likeness (QED) is 0.592. The van der Waals surface area contributed by atoms with Crippen LogP contribution in [0.25, 0.3) is 0 Å². The molecule has 0 spiro atoms. The summed E-state index contributed by atoms with van der Waals surface area (Å²) >= 11 is 6.38. The van der Waals surface area contributed by atoms with E-state index in [1.807, 2.05) is 25.2 Å². The molecule has 4 rings (SSSR count). The number of ether oxygens (including phenoxy) is 1. The Kier molecular flexibility index (Phi) is 5.82. The van der Waals surface area contributed by atoms with Gasteiger partial charge in [0.2, 0.25) is 0 Å². The molecule has 2 aliphatic carbocycles. The fourth-order valence-corrected chi connectivity index (χ4v) is 5.05. The van der Waals surface area contributed by atoms with Crippen molar-refractivity contribution in [3.05, 3.63) is 51.3 Å². The molecule has 0 aromatic heterocycles. The summed E-state index contributed by atoms with van der Waals surface area (Å²) in [4.78, 5) is 28.3. The first kappa shape index (κ1) is 20.2. The van der Waals surface area contributed by atoms with Gasteiger partial charge in [0.05, 0.1) is 6.61 Å². The van der Waals surface area contributed by atoms with Crippen molar-refractivity contribution < 1.29 is 14.3 Å². The van der Waals surface area contributed by atoms with Crippen molar-refractivity contribution in [2.24, 2.45) is 0 Å². The predicted octanol–water partition coefficient (Wildman–Crippen LogP) is 5.56. The number of ketones is 2. The number of carbonyl (C=O) groups excluding carboxylic acids is 2. The highest BCUT2D eigenvalue weighted by Crippen LogP contribution is 2.50. The standard InChI is InChI=1S/C24H28ClNO3/c1-3-4-13-29-21-12-11-15(25)14-16(21)22-23-17(7-5-9-19(23)27)26(2)18-8-6-10-20(28)24(18)22/h11-12,14,22H,3-10,13H2,1-2H3. The monoisotopic (exact) mass is 413 g/mol. The minimum Gasteiger partial charge on any atom is -0.493 e. The Balaban J connectivity index is 1.90. The number of unbranched alkanes of at least 4 members (excludes halogenated alkanes) is 1. The van der Waals surface area contributed by atoms with Gasteiger partial charge in [-0.25, -0.2) is 0 Å². The lowest BCUT2D eigenvalue weighted by molar-refractivity contribution is -0.117. The van der Waals surface area contributed by atoms with E-state index in [1.54, 1.807) is 0 Å². The van der Waals surface area contributed by atoms with Crippen molar-refractivity contribution >= 4 is 23.2 Å². The Morgan fingerprint density at radius 1 is 1.03 bits per heavy atom. The second-order valence-electron chi connectivity index (χ2n) is 8.15. The van der Waals surface area contributed by atoms with E-state index in [2.05, 4.69) is 11.8 Å². The van der Waals surface area contributed by atoms with Gasteiger partial charge in [-0.2, -0.15) is 0 Å². The van der Waals surface area contributed by atoms with E-state index in [0.29, 0.717) is 24.5 Å². The Labute approximate surface area is 177 Å². The first-order valence-corrected chi connectivity index (χ1v) is 11.1. The number of carbonyl (C=O) groups is 2. The lowest BCUT2D eigenvalue weighted by Gasteiger charge is -2.42. The van der Waals surface area contributed by atoms with Crippen LogP contribution in [0.2, 0.25) is 5.02 Å². The normalized spacial score (nSPS) is 20.2. The van der Waals surface area contributed by atoms with Crippen molar-refractivity contribution in [1.29, 1.82) is 0 Å². The molecule has 0 saturated carbocycles. The van der Waals surface area contributed by atoms with E-state index < -0.39 is 0 Å². The van der Waals surface area contributed by atoms with Gasteiger partial charge in [0.15, 0.2) is 11.6 Å². The Morgan fingerprint density at radius 3 is 2.24 bits per heavy atom. The summed E-state index contributed by atoms with van der Waals surface area (Å²) in [6.45, 7) is 2.73. The molecular formula is C24H28ClNO3. The number of halogens is 1. The van der Waals surface area contributed by atoms with Gasteiger partial charge < -0.3 is 9.64 Å². The summed E-state index contributed by atoms with van der Waals surface area (Å²) in [7, 11) is 2.01. The minimum absolute atomic E-state index is 0.146. The van der Waals surface area contributed by atoms with Crippen LogP contribution in [-0.4, -0.2) is 30.1 Å². The van der Waals surface area contributed by atoms with Gasteiger partial charge in [0, 0.05) is 58.9 Å². The summed E-state index contributed by atoms with van der Waals surface area (Å²) in [5.41, 5.74) is 4.54. The molecule has 1 aromatic carbocycles. The first-order chi connectivity index (χ1) is 14.0. The number of rotatable bonds is 5. The average Bonchev–Trinajstić information content (AvgIpc) is 2.71. The van der Waals surface area contributed by atoms with E-state index in [0.717, 1.165) is 72.4 Å². The SMILES string of the molecule is CCCCOc1ccc(Cl)cc1C1C2=C(CCCC2=O)N(C)C2=C1C(=O)CCC2. The van der Waals surface area contributed by atoms with Crippen molar-refractivity contribution in [3.8, 4) is 5.75 Å². The van der Waals surface area contributed by atoms with Crippen molar-refractivity contribution in [1.82, 2.24) is 4.90 Å². The van der Waals surface area contributed by atoms with Crippen LogP contribution in [0.3, 0.4) is 0 Å². The maximum Gasteiger partial charge on any atom is 0.161 e. The van der Waals surface area contributed by atoms with Crippen LogP contribution < -0.4 is 4.74 Å². The van der Waals surface area contributed by atoms with E-state index in [-0.39, 0.29) is 17.5 Å². The smallest absolute Gasteiger partial charge is 0.161 e. The third-order valence-electron chi connectivity index (χ3n) is 6.28. The Hall–Kier alpha value is -2.07. The van der Waals surface area contributed by atoms with Gasteiger partial charge in [-0.15, -0.1) is 0 Å². The molecular weight excluding hydrogens is 386 g/mol. The molecule has 5 heteroatoms. The van der Waals surface area contributed by atoms with Crippen molar-refractivity contribution in [2.45, 2.75) is 64.2 Å². The molecule has 3 aliphatic rings. The molecule has 1 aromatic rings. The molecule has 1 aliphatic heterocycles. The molecule has 0 atom stereocenters. The van der Waals surface area contributed by atoms with Gasteiger partial charge in [-0.3, -0.25) is 9.59 Å². The molecule has 0 saturated heterocycles. The third-order valence-corrected chi connectivity index (χ3v) is 6.52. The molecule has 1 heterocycles. The Morgan fingerprint density at radius 2 is 1.66 bits per heavy atom. The highest BCUT2D eigenvalue weighted by molar-refractivity contribution is 6.30. The summed E-state index contributed by atoms with van der Waals surface area (Å²) in [5, 5.41) is 0.595. The summed E-state index contributed by atoms with van der Waals surface area (Å²) in [5.74, 6) is 0.653. The molecule has 0 bridgehead atoms. The van der Waals surface area contributed by atoms with E-state index >= 15 is 0 Å². The van der Waals surface area contributed by atoms with E-state index in [9.17, 15) is 9.59 Å². The zero-order valence-electron chi connectivity index (χ0n) is 17.2.